The van der Waals surface area contributed by atoms with Crippen LogP contribution in [0.1, 0.15) is 27.2 Å². The van der Waals surface area contributed by atoms with Gasteiger partial charge in [0.1, 0.15) is 5.76 Å². The number of hydrogen-bond donors (Lipinski definition) is 1. The Morgan fingerprint density at radius 2 is 2.28 bits per heavy atom. The number of carbonyl (C=O) groups excluding carboxylic acids is 1. The third kappa shape index (κ3) is 9.00. The van der Waals surface area contributed by atoms with E-state index in [4.69, 9.17) is 4.74 Å². The number of rotatable bonds is 8. The smallest absolute Gasteiger partial charge is 0.250 e. The molecule has 158 valence electrons. The van der Waals surface area contributed by atoms with Crippen molar-refractivity contribution in [1.82, 2.24) is 10.3 Å². The summed E-state index contributed by atoms with van der Waals surface area (Å²) in [6.07, 6.45) is 16.2. The normalized spacial score (nSPS) is 20.8. The molecule has 6 nitrogen and oxygen atoms in total. The SMILES string of the molecule is C=C/C=C(/C=N/NC(=O)CSC1=NC/C=C\C/C=C\C(C)N1CC)C(=C/C)\OC. The average Bonchev–Trinajstić information content (AvgIpc) is 2.72. The molecule has 1 aliphatic rings. The Balaban J connectivity index is 2.73. The summed E-state index contributed by atoms with van der Waals surface area (Å²) in [6.45, 7) is 11.2. The predicted molar refractivity (Wildman–Crippen MR) is 125 cm³/mol. The lowest BCUT2D eigenvalue weighted by Crippen LogP contribution is -2.37. The van der Waals surface area contributed by atoms with Gasteiger partial charge in [0.25, 0.3) is 5.91 Å². The molecule has 0 bridgehead atoms. The third-order valence-electron chi connectivity index (χ3n) is 4.05. The fraction of sp³-hybridized carbons (Fsp3) is 0.409. The molecular weight excluding hydrogens is 384 g/mol. The van der Waals surface area contributed by atoms with Crippen molar-refractivity contribution in [3.05, 3.63) is 60.4 Å². The first-order chi connectivity index (χ1) is 14.1. The topological polar surface area (TPSA) is 66.3 Å². The van der Waals surface area contributed by atoms with E-state index in [9.17, 15) is 4.79 Å². The van der Waals surface area contributed by atoms with E-state index in [1.807, 2.05) is 19.1 Å². The first kappa shape index (κ1) is 24.5. The number of methoxy groups -OCH3 is 1. The van der Waals surface area contributed by atoms with Gasteiger partial charge in [-0.25, -0.2) is 5.43 Å². The van der Waals surface area contributed by atoms with Crippen LogP contribution < -0.4 is 5.43 Å². The lowest BCUT2D eigenvalue weighted by atomic mass is 10.2. The van der Waals surface area contributed by atoms with Crippen LogP contribution in [0.2, 0.25) is 0 Å². The number of ether oxygens (including phenoxy) is 1. The quantitative estimate of drug-likeness (QED) is 0.213. The Hall–Kier alpha value is -2.54. The van der Waals surface area contributed by atoms with Gasteiger partial charge in [0, 0.05) is 18.2 Å². The molecule has 29 heavy (non-hydrogen) atoms. The fourth-order valence-corrected chi connectivity index (χ4v) is 3.58. The van der Waals surface area contributed by atoms with Crippen molar-refractivity contribution >= 4 is 29.1 Å². The number of hydrogen-bond acceptors (Lipinski definition) is 6. The zero-order chi connectivity index (χ0) is 21.5. The highest BCUT2D eigenvalue weighted by Crippen LogP contribution is 2.15. The molecule has 0 radical (unpaired) electrons. The molecule has 0 saturated carbocycles. The Morgan fingerprint density at radius 3 is 2.93 bits per heavy atom. The van der Waals surface area contributed by atoms with Crippen molar-refractivity contribution in [3.8, 4) is 0 Å². The van der Waals surface area contributed by atoms with Gasteiger partial charge in [-0.1, -0.05) is 54.8 Å². The number of allylic oxidation sites excluding steroid dienone is 6. The van der Waals surface area contributed by atoms with Crippen LogP contribution >= 0.6 is 11.8 Å². The van der Waals surface area contributed by atoms with Gasteiger partial charge in [-0.05, 0) is 33.3 Å². The van der Waals surface area contributed by atoms with Gasteiger partial charge in [0.15, 0.2) is 5.17 Å². The van der Waals surface area contributed by atoms with E-state index in [2.05, 4.69) is 59.1 Å². The number of thioether (sulfide) groups is 1. The second-order valence-electron chi connectivity index (χ2n) is 6.08. The molecule has 0 aromatic carbocycles. The summed E-state index contributed by atoms with van der Waals surface area (Å²) >= 11 is 1.42. The number of likely N-dealkylation sites (N-methyl/N-ethyl adjacent to an activating group) is 1. The third-order valence-corrected chi connectivity index (χ3v) is 5.08. The van der Waals surface area contributed by atoms with Crippen LogP contribution in [0.4, 0.5) is 0 Å². The van der Waals surface area contributed by atoms with E-state index in [1.54, 1.807) is 25.5 Å². The van der Waals surface area contributed by atoms with Crippen LogP contribution in [0.5, 0.6) is 0 Å². The van der Waals surface area contributed by atoms with E-state index < -0.39 is 0 Å². The molecule has 0 aromatic rings. The maximum Gasteiger partial charge on any atom is 0.250 e. The summed E-state index contributed by atoms with van der Waals surface area (Å²) in [4.78, 5) is 19.1. The maximum atomic E-state index is 12.3. The van der Waals surface area contributed by atoms with Crippen LogP contribution in [0.25, 0.3) is 0 Å². The van der Waals surface area contributed by atoms with Crippen molar-refractivity contribution in [2.24, 2.45) is 10.1 Å². The highest BCUT2D eigenvalue weighted by Gasteiger charge is 2.16. The predicted octanol–water partition coefficient (Wildman–Crippen LogP) is 4.07. The van der Waals surface area contributed by atoms with E-state index in [-0.39, 0.29) is 17.7 Å². The van der Waals surface area contributed by atoms with Crippen LogP contribution in [0.3, 0.4) is 0 Å². The van der Waals surface area contributed by atoms with Crippen LogP contribution in [-0.2, 0) is 9.53 Å². The molecule has 1 amide bonds. The number of amidine groups is 1. The minimum absolute atomic E-state index is 0.196. The molecule has 0 saturated heterocycles. The summed E-state index contributed by atoms with van der Waals surface area (Å²) in [5.74, 6) is 0.689. The number of hydrazone groups is 1. The molecular formula is C22H32N4O2S. The summed E-state index contributed by atoms with van der Waals surface area (Å²) in [5, 5.41) is 4.89. The summed E-state index contributed by atoms with van der Waals surface area (Å²) in [5.41, 5.74) is 3.28. The number of aliphatic imine (C=N–C) groups is 1. The first-order valence-corrected chi connectivity index (χ1v) is 10.7. The molecule has 0 spiro atoms. The zero-order valence-corrected chi connectivity index (χ0v) is 18.6. The van der Waals surface area contributed by atoms with E-state index in [1.165, 1.54) is 11.8 Å². The van der Waals surface area contributed by atoms with Gasteiger partial charge >= 0.3 is 0 Å². The number of amides is 1. The summed E-state index contributed by atoms with van der Waals surface area (Å²) in [6, 6.07) is 0.221. The van der Waals surface area contributed by atoms with E-state index in [0.29, 0.717) is 12.3 Å². The van der Waals surface area contributed by atoms with Crippen LogP contribution in [0, 0.1) is 0 Å². The molecule has 1 aliphatic heterocycles. The average molecular weight is 417 g/mol. The molecule has 0 fully saturated rings. The Morgan fingerprint density at radius 1 is 1.48 bits per heavy atom. The minimum atomic E-state index is -0.196. The van der Waals surface area contributed by atoms with Gasteiger partial charge in [-0.15, -0.1) is 0 Å². The fourth-order valence-electron chi connectivity index (χ4n) is 2.63. The second-order valence-corrected chi connectivity index (χ2v) is 7.02. The number of nitrogens with one attached hydrogen (secondary N) is 1. The summed E-state index contributed by atoms with van der Waals surface area (Å²) < 4.78 is 5.28. The Kier molecular flexibility index (Phi) is 12.2. The van der Waals surface area contributed by atoms with Crippen molar-refractivity contribution in [2.45, 2.75) is 33.2 Å². The monoisotopic (exact) mass is 416 g/mol. The molecule has 1 heterocycles. The van der Waals surface area contributed by atoms with Gasteiger partial charge in [0.2, 0.25) is 0 Å². The molecule has 0 aliphatic carbocycles. The molecule has 1 atom stereocenters. The van der Waals surface area contributed by atoms with Gasteiger partial charge in [-0.3, -0.25) is 9.79 Å². The zero-order valence-electron chi connectivity index (χ0n) is 17.8. The van der Waals surface area contributed by atoms with E-state index >= 15 is 0 Å². The van der Waals surface area contributed by atoms with Gasteiger partial charge in [0.05, 0.1) is 25.6 Å². The minimum Gasteiger partial charge on any atom is -0.496 e. The van der Waals surface area contributed by atoms with Crippen LogP contribution in [0.15, 0.2) is 70.5 Å². The number of nitrogens with zero attached hydrogens (tertiary/aromatic N) is 3. The van der Waals surface area contributed by atoms with Crippen molar-refractivity contribution < 1.29 is 9.53 Å². The highest BCUT2D eigenvalue weighted by atomic mass is 32.2. The van der Waals surface area contributed by atoms with Crippen molar-refractivity contribution in [1.29, 1.82) is 0 Å². The van der Waals surface area contributed by atoms with E-state index in [0.717, 1.165) is 23.7 Å². The van der Waals surface area contributed by atoms with Crippen molar-refractivity contribution in [3.63, 3.8) is 0 Å². The highest BCUT2D eigenvalue weighted by molar-refractivity contribution is 8.14. The standard InChI is InChI=1S/C22H32N4O2S/c1-6-13-19(20(7-2)28-5)16-24-25-21(27)17-29-22-23-15-12-10-9-11-14-18(4)26(22)8-3/h6-7,10-14,16,18H,1,8-9,15,17H2,2-5H3,(H,25,27)/b12-10-,14-11-,19-13-,20-7+,23-22?,24-16+. The lowest BCUT2D eigenvalue weighted by Gasteiger charge is -2.29. The molecule has 1 N–H and O–H groups in total. The largest absolute Gasteiger partial charge is 0.496 e. The molecule has 7 heteroatoms. The first-order valence-electron chi connectivity index (χ1n) is 9.68. The molecule has 1 rings (SSSR count). The molecule has 1 unspecified atom stereocenters. The van der Waals surface area contributed by atoms with Gasteiger partial charge in [-0.2, -0.15) is 5.10 Å². The van der Waals surface area contributed by atoms with Gasteiger partial charge < -0.3 is 9.64 Å². The maximum absolute atomic E-state index is 12.3. The second kappa shape index (κ2) is 14.5. The van der Waals surface area contributed by atoms with Crippen molar-refractivity contribution in [2.75, 3.05) is 26.0 Å². The summed E-state index contributed by atoms with van der Waals surface area (Å²) in [7, 11) is 1.58. The Bertz CT molecular complexity index is 720. The van der Waals surface area contributed by atoms with Crippen LogP contribution in [-0.4, -0.2) is 54.2 Å². The Labute approximate surface area is 178 Å². The lowest BCUT2D eigenvalue weighted by molar-refractivity contribution is -0.118. The number of carbonyl (C=O) groups is 1. The molecule has 0 aromatic heterocycles.